The Morgan fingerprint density at radius 3 is 3.23 bits per heavy atom. The van der Waals surface area contributed by atoms with Gasteiger partial charge in [0.1, 0.15) is 0 Å². The summed E-state index contributed by atoms with van der Waals surface area (Å²) in [6.45, 7) is 2.08. The van der Waals surface area contributed by atoms with Crippen molar-refractivity contribution in [3.63, 3.8) is 0 Å². The summed E-state index contributed by atoms with van der Waals surface area (Å²) >= 11 is 5.91. The van der Waals surface area contributed by atoms with Gasteiger partial charge >= 0.3 is 0 Å². The van der Waals surface area contributed by atoms with Crippen molar-refractivity contribution in [3.8, 4) is 0 Å². The van der Waals surface area contributed by atoms with Crippen molar-refractivity contribution in [2.24, 2.45) is 0 Å². The molecule has 2 rings (SSSR count). The number of rotatable bonds is 2. The van der Waals surface area contributed by atoms with Crippen molar-refractivity contribution in [1.82, 2.24) is 10.3 Å². The first-order valence-electron chi connectivity index (χ1n) is 4.44. The molecule has 1 unspecified atom stereocenters. The monoisotopic (exact) mass is 197 g/mol. The predicted molar refractivity (Wildman–Crippen MR) is 54.1 cm³/mol. The van der Waals surface area contributed by atoms with Gasteiger partial charge in [-0.05, 0) is 25.1 Å². The first-order chi connectivity index (χ1) is 6.36. The summed E-state index contributed by atoms with van der Waals surface area (Å²) in [5.41, 5.74) is 0.929. The smallest absolute Gasteiger partial charge is 0.152 e. The average molecular weight is 198 g/mol. The maximum Gasteiger partial charge on any atom is 0.152 e. The van der Waals surface area contributed by atoms with Gasteiger partial charge in [0.2, 0.25) is 0 Å². The molecule has 0 saturated carbocycles. The molecule has 0 bridgehead atoms. The highest BCUT2D eigenvalue weighted by molar-refractivity contribution is 6.31. The van der Waals surface area contributed by atoms with Crippen molar-refractivity contribution >= 4 is 17.3 Å². The molecular formula is C9H12ClN3. The quantitative estimate of drug-likeness (QED) is 0.706. The highest BCUT2D eigenvalue weighted by Gasteiger charge is 2.14. The van der Waals surface area contributed by atoms with Gasteiger partial charge in [-0.15, -0.1) is 0 Å². The molecule has 70 valence electrons. The molecule has 1 atom stereocenters. The molecule has 13 heavy (non-hydrogen) atoms. The van der Waals surface area contributed by atoms with Gasteiger partial charge in [0, 0.05) is 18.8 Å². The third-order valence-corrected chi connectivity index (χ3v) is 2.48. The van der Waals surface area contributed by atoms with Gasteiger partial charge in [0.05, 0.1) is 5.69 Å². The maximum absolute atomic E-state index is 5.91. The van der Waals surface area contributed by atoms with Crippen LogP contribution in [0.5, 0.6) is 0 Å². The number of nitrogens with one attached hydrogen (secondary N) is 2. The van der Waals surface area contributed by atoms with Crippen LogP contribution in [0.4, 0.5) is 5.69 Å². The van der Waals surface area contributed by atoms with E-state index >= 15 is 0 Å². The Kier molecular flexibility index (Phi) is 2.66. The van der Waals surface area contributed by atoms with Crippen LogP contribution in [0.3, 0.4) is 0 Å². The van der Waals surface area contributed by atoms with Crippen LogP contribution in [-0.4, -0.2) is 24.1 Å². The van der Waals surface area contributed by atoms with Crippen molar-refractivity contribution in [2.45, 2.75) is 12.5 Å². The van der Waals surface area contributed by atoms with E-state index in [-0.39, 0.29) is 0 Å². The Labute approximate surface area is 82.5 Å². The van der Waals surface area contributed by atoms with E-state index in [9.17, 15) is 0 Å². The Hall–Kier alpha value is -0.800. The minimum Gasteiger partial charge on any atom is -0.378 e. The normalized spacial score (nSPS) is 21.8. The summed E-state index contributed by atoms with van der Waals surface area (Å²) in [6, 6.07) is 4.33. The van der Waals surface area contributed by atoms with Crippen molar-refractivity contribution in [1.29, 1.82) is 0 Å². The van der Waals surface area contributed by atoms with Crippen LogP contribution < -0.4 is 10.6 Å². The first-order valence-corrected chi connectivity index (χ1v) is 4.82. The van der Waals surface area contributed by atoms with Gasteiger partial charge in [-0.2, -0.15) is 0 Å². The Morgan fingerprint density at radius 2 is 2.54 bits per heavy atom. The maximum atomic E-state index is 5.91. The highest BCUT2D eigenvalue weighted by Crippen LogP contribution is 2.19. The van der Waals surface area contributed by atoms with E-state index in [2.05, 4.69) is 15.6 Å². The molecule has 1 saturated heterocycles. The molecule has 2 heterocycles. The summed E-state index contributed by atoms with van der Waals surface area (Å²) in [4.78, 5) is 4.00. The van der Waals surface area contributed by atoms with Crippen molar-refractivity contribution < 1.29 is 0 Å². The predicted octanol–water partition coefficient (Wildman–Crippen LogP) is 1.51. The number of hydrogen-bond acceptors (Lipinski definition) is 3. The van der Waals surface area contributed by atoms with Gasteiger partial charge in [0.15, 0.2) is 5.15 Å². The summed E-state index contributed by atoms with van der Waals surface area (Å²) in [5.74, 6) is 0. The molecule has 1 aromatic rings. The zero-order valence-corrected chi connectivity index (χ0v) is 8.01. The highest BCUT2D eigenvalue weighted by atomic mass is 35.5. The first kappa shape index (κ1) is 8.78. The summed E-state index contributed by atoms with van der Waals surface area (Å²) < 4.78 is 0. The number of hydrogen-bond donors (Lipinski definition) is 2. The minimum atomic E-state index is 0.488. The number of halogens is 1. The van der Waals surface area contributed by atoms with Crippen molar-refractivity contribution in [2.75, 3.05) is 18.4 Å². The fourth-order valence-electron chi connectivity index (χ4n) is 1.49. The topological polar surface area (TPSA) is 37.0 Å². The van der Waals surface area contributed by atoms with E-state index in [1.165, 1.54) is 0 Å². The van der Waals surface area contributed by atoms with Gasteiger partial charge in [0.25, 0.3) is 0 Å². The van der Waals surface area contributed by atoms with Gasteiger partial charge in [-0.1, -0.05) is 11.6 Å². The van der Waals surface area contributed by atoms with Crippen LogP contribution in [-0.2, 0) is 0 Å². The molecule has 4 heteroatoms. The Balaban J connectivity index is 2.04. The second-order valence-electron chi connectivity index (χ2n) is 3.18. The number of pyridine rings is 1. The molecule has 1 fully saturated rings. The number of aromatic nitrogens is 1. The molecule has 3 nitrogen and oxygen atoms in total. The SMILES string of the molecule is Clc1ncccc1NC1CCNC1. The average Bonchev–Trinajstić information content (AvgIpc) is 2.61. The third-order valence-electron chi connectivity index (χ3n) is 2.18. The molecule has 0 aromatic carbocycles. The lowest BCUT2D eigenvalue weighted by Crippen LogP contribution is -2.22. The molecular weight excluding hydrogens is 186 g/mol. The molecule has 1 aliphatic heterocycles. The zero-order valence-electron chi connectivity index (χ0n) is 7.26. The molecule has 0 spiro atoms. The molecule has 1 aromatic heterocycles. The summed E-state index contributed by atoms with van der Waals surface area (Å²) in [7, 11) is 0. The molecule has 1 aliphatic rings. The lowest BCUT2D eigenvalue weighted by molar-refractivity contribution is 0.792. The minimum absolute atomic E-state index is 0.488. The molecule has 0 amide bonds. The van der Waals surface area contributed by atoms with Gasteiger partial charge < -0.3 is 10.6 Å². The molecule has 0 radical (unpaired) electrons. The molecule has 2 N–H and O–H groups in total. The van der Waals surface area contributed by atoms with E-state index in [4.69, 9.17) is 11.6 Å². The fourth-order valence-corrected chi connectivity index (χ4v) is 1.67. The zero-order chi connectivity index (χ0) is 9.10. The van der Waals surface area contributed by atoms with Crippen LogP contribution >= 0.6 is 11.6 Å². The van der Waals surface area contributed by atoms with Crippen LogP contribution in [0.1, 0.15) is 6.42 Å². The van der Waals surface area contributed by atoms with Crippen LogP contribution in [0.2, 0.25) is 5.15 Å². The van der Waals surface area contributed by atoms with E-state index < -0.39 is 0 Å². The van der Waals surface area contributed by atoms with Crippen LogP contribution in [0.15, 0.2) is 18.3 Å². The fraction of sp³-hybridized carbons (Fsp3) is 0.444. The lowest BCUT2D eigenvalue weighted by atomic mass is 10.2. The standard InChI is InChI=1S/C9H12ClN3/c10-9-8(2-1-4-12-9)13-7-3-5-11-6-7/h1-2,4,7,11,13H,3,5-6H2. The molecule has 0 aliphatic carbocycles. The van der Waals surface area contributed by atoms with Gasteiger partial charge in [-0.3, -0.25) is 0 Å². The Morgan fingerprint density at radius 1 is 1.62 bits per heavy atom. The van der Waals surface area contributed by atoms with E-state index in [1.54, 1.807) is 6.20 Å². The number of nitrogens with zero attached hydrogens (tertiary/aromatic N) is 1. The van der Waals surface area contributed by atoms with Gasteiger partial charge in [-0.25, -0.2) is 4.98 Å². The largest absolute Gasteiger partial charge is 0.378 e. The van der Waals surface area contributed by atoms with Crippen LogP contribution in [0.25, 0.3) is 0 Å². The second-order valence-corrected chi connectivity index (χ2v) is 3.53. The van der Waals surface area contributed by atoms with Crippen LogP contribution in [0, 0.1) is 0 Å². The van der Waals surface area contributed by atoms with E-state index in [0.29, 0.717) is 11.2 Å². The number of anilines is 1. The van der Waals surface area contributed by atoms with E-state index in [1.807, 2.05) is 12.1 Å². The summed E-state index contributed by atoms with van der Waals surface area (Å²) in [6.07, 6.45) is 2.84. The second kappa shape index (κ2) is 3.94. The third kappa shape index (κ3) is 2.11. The summed E-state index contributed by atoms with van der Waals surface area (Å²) in [5, 5.41) is 7.19. The van der Waals surface area contributed by atoms with E-state index in [0.717, 1.165) is 25.2 Å². The lowest BCUT2D eigenvalue weighted by Gasteiger charge is -2.12. The Bertz CT molecular complexity index is 284. The van der Waals surface area contributed by atoms with Crippen molar-refractivity contribution in [3.05, 3.63) is 23.5 Å².